The maximum absolute atomic E-state index is 11.2. The second-order valence-electron chi connectivity index (χ2n) is 5.41. The average molecular weight is 521 g/mol. The predicted molar refractivity (Wildman–Crippen MR) is 84.6 cm³/mol. The topological polar surface area (TPSA) is 247 Å². The van der Waals surface area contributed by atoms with Gasteiger partial charge >= 0.3 is 62.0 Å². The standard InChI is InChI=1S/C8H19N3O12S4.2Na/c12-24(13,14)7(25(15,16)17)10-3-1-9-2-4-11(6-5-10)8(26(18,19)20)27(21,22)23;;/h7-9H,1-6H2,(H,12,13,14)(H,15,16,17)(H,18,19,20)(H,21,22,23);;/q;2*+1/p-2. The van der Waals surface area contributed by atoms with Gasteiger partial charge in [0, 0.05) is 39.3 Å². The molecule has 0 aromatic heterocycles. The molecule has 1 N–H and O–H groups in total. The minimum Gasteiger partial charge on any atom is -0.746 e. The molecule has 15 nitrogen and oxygen atoms in total. The van der Waals surface area contributed by atoms with Crippen LogP contribution in [0.25, 0.3) is 0 Å². The van der Waals surface area contributed by atoms with Gasteiger partial charge in [0.1, 0.15) is 40.5 Å². The van der Waals surface area contributed by atoms with Gasteiger partial charge in [-0.3, -0.25) is 9.80 Å². The molecule has 1 rings (SSSR count). The van der Waals surface area contributed by atoms with Crippen LogP contribution in [0.3, 0.4) is 0 Å². The number of hydrogen-bond donors (Lipinski definition) is 1. The van der Waals surface area contributed by atoms with E-state index in [1.807, 2.05) is 0 Å². The molecule has 29 heavy (non-hydrogen) atoms. The van der Waals surface area contributed by atoms with Crippen LogP contribution in [0.4, 0.5) is 0 Å². The van der Waals surface area contributed by atoms with Crippen molar-refractivity contribution in [1.82, 2.24) is 15.1 Å². The molecule has 0 amide bonds. The number of nitrogens with one attached hydrogen (secondary N) is 1. The number of rotatable bonds is 6. The zero-order valence-corrected chi connectivity index (χ0v) is 22.6. The van der Waals surface area contributed by atoms with Crippen molar-refractivity contribution in [3.8, 4) is 0 Å². The van der Waals surface area contributed by atoms with Crippen LogP contribution in [-0.4, -0.2) is 110 Å². The monoisotopic (exact) mass is 521 g/mol. The van der Waals surface area contributed by atoms with E-state index in [1.165, 1.54) is 0 Å². The Bertz CT molecular complexity index is 820. The first-order chi connectivity index (χ1) is 12.0. The van der Waals surface area contributed by atoms with Crippen LogP contribution >= 0.6 is 0 Å². The Labute approximate surface area is 216 Å². The normalized spacial score (nSPS) is 19.0. The van der Waals surface area contributed by atoms with E-state index in [0.29, 0.717) is 9.80 Å². The SMILES string of the molecule is O=S(=O)([O-])C(N1CCNCCN(C(S(=O)(=O)[O-])S(=O)(=O)[O-])CC1)S(=O)(=O)[O-].[H+].[H+].[Na+].[Na+]. The fourth-order valence-electron chi connectivity index (χ4n) is 2.49. The van der Waals surface area contributed by atoms with Gasteiger partial charge in [-0.15, -0.1) is 0 Å². The van der Waals surface area contributed by atoms with Crippen LogP contribution in [0.5, 0.6) is 0 Å². The van der Waals surface area contributed by atoms with Crippen LogP contribution in [-0.2, 0) is 40.5 Å². The fraction of sp³-hybridized carbons (Fsp3) is 1.00. The Morgan fingerprint density at radius 3 is 1.03 bits per heavy atom. The summed E-state index contributed by atoms with van der Waals surface area (Å²) in [6, 6.07) is 0. The molecule has 0 spiro atoms. The molecule has 1 aliphatic rings. The zero-order valence-electron chi connectivity index (χ0n) is 17.3. The maximum atomic E-state index is 11.2. The number of nitrogens with zero attached hydrogens (tertiary/aromatic N) is 2. The van der Waals surface area contributed by atoms with Crippen molar-refractivity contribution in [1.29, 1.82) is 0 Å². The molecule has 0 aromatic carbocycles. The van der Waals surface area contributed by atoms with Gasteiger partial charge in [0.15, 0.2) is 9.41 Å². The molecule has 1 saturated heterocycles. The summed E-state index contributed by atoms with van der Waals surface area (Å²) in [5, 5.41) is 2.53. The third kappa shape index (κ3) is 10.3. The Morgan fingerprint density at radius 2 is 0.828 bits per heavy atom. The molecule has 162 valence electrons. The van der Waals surface area contributed by atoms with E-state index < -0.39 is 76.1 Å². The molecule has 1 aliphatic heterocycles. The van der Waals surface area contributed by atoms with Crippen LogP contribution in [0.15, 0.2) is 0 Å². The molecule has 0 atom stereocenters. The number of hydrogen-bond acceptors (Lipinski definition) is 15. The van der Waals surface area contributed by atoms with E-state index in [2.05, 4.69) is 5.32 Å². The van der Waals surface area contributed by atoms with Crippen LogP contribution in [0, 0.1) is 0 Å². The summed E-state index contributed by atoms with van der Waals surface area (Å²) in [5.74, 6) is 0. The van der Waals surface area contributed by atoms with Crippen LogP contribution < -0.4 is 64.4 Å². The second-order valence-corrected chi connectivity index (χ2v) is 11.7. The van der Waals surface area contributed by atoms with Gasteiger partial charge in [-0.25, -0.2) is 33.7 Å². The van der Waals surface area contributed by atoms with Gasteiger partial charge in [-0.1, -0.05) is 0 Å². The summed E-state index contributed by atoms with van der Waals surface area (Å²) < 4.78 is 128. The van der Waals surface area contributed by atoms with E-state index in [4.69, 9.17) is 0 Å². The minimum absolute atomic E-state index is 0. The largest absolute Gasteiger partial charge is 1.00 e. The van der Waals surface area contributed by atoms with Crippen molar-refractivity contribution in [2.45, 2.75) is 9.41 Å². The van der Waals surface area contributed by atoms with Gasteiger partial charge in [-0.2, -0.15) is 0 Å². The summed E-state index contributed by atoms with van der Waals surface area (Å²) in [6.45, 7) is -2.91. The van der Waals surface area contributed by atoms with E-state index in [1.54, 1.807) is 0 Å². The molecule has 0 unspecified atom stereocenters. The average Bonchev–Trinajstić information content (AvgIpc) is 2.46. The Kier molecular flexibility index (Phi) is 13.7. The van der Waals surface area contributed by atoms with E-state index in [9.17, 15) is 51.9 Å². The quantitative estimate of drug-likeness (QED) is 0.252. The first kappa shape index (κ1) is 32.7. The van der Waals surface area contributed by atoms with Gasteiger partial charge in [-0.05, 0) is 0 Å². The summed E-state index contributed by atoms with van der Waals surface area (Å²) in [7, 11) is -22.8. The first-order valence-corrected chi connectivity index (χ1v) is 12.8. The van der Waals surface area contributed by atoms with E-state index >= 15 is 0 Å². The van der Waals surface area contributed by atoms with Crippen molar-refractivity contribution in [3.63, 3.8) is 0 Å². The Morgan fingerprint density at radius 1 is 0.586 bits per heavy atom. The molecule has 21 heteroatoms. The van der Waals surface area contributed by atoms with E-state index in [-0.39, 0.29) is 75.1 Å². The third-order valence-corrected chi connectivity index (χ3v) is 9.41. The van der Waals surface area contributed by atoms with Gasteiger partial charge in [0.25, 0.3) is 0 Å². The van der Waals surface area contributed by atoms with Crippen LogP contribution in [0.1, 0.15) is 2.85 Å². The van der Waals surface area contributed by atoms with Crippen molar-refractivity contribution in [2.75, 3.05) is 39.3 Å². The van der Waals surface area contributed by atoms with Gasteiger partial charge < -0.3 is 23.5 Å². The molecular weight excluding hydrogens is 504 g/mol. The third-order valence-electron chi connectivity index (χ3n) is 3.41. The predicted octanol–water partition coefficient (Wildman–Crippen LogP) is -10.8. The van der Waals surface area contributed by atoms with Crippen molar-refractivity contribution < 1.29 is 114 Å². The molecule has 0 saturated carbocycles. The summed E-state index contributed by atoms with van der Waals surface area (Å²) in [6.07, 6.45) is 0. The van der Waals surface area contributed by atoms with Gasteiger partial charge in [0.05, 0.1) is 0 Å². The second kappa shape index (κ2) is 12.1. The summed E-state index contributed by atoms with van der Waals surface area (Å²) >= 11 is 0. The van der Waals surface area contributed by atoms with Crippen molar-refractivity contribution in [3.05, 3.63) is 0 Å². The van der Waals surface area contributed by atoms with E-state index in [0.717, 1.165) is 0 Å². The molecule has 1 heterocycles. The molecule has 0 aromatic rings. The Hall–Kier alpha value is 1.52. The zero-order chi connectivity index (χ0) is 21.3. The Balaban J connectivity index is -0.000000911. The maximum Gasteiger partial charge on any atom is 1.00 e. The molecule has 0 radical (unpaired) electrons. The molecule has 0 bridgehead atoms. The summed E-state index contributed by atoms with van der Waals surface area (Å²) in [5.41, 5.74) is 0. The fourth-order valence-corrected chi connectivity index (χ4v) is 7.10. The van der Waals surface area contributed by atoms with Gasteiger partial charge in [0.2, 0.25) is 0 Å². The minimum atomic E-state index is -5.69. The smallest absolute Gasteiger partial charge is 0.746 e. The first-order valence-electron chi connectivity index (χ1n) is 6.93. The molecule has 1 fully saturated rings. The van der Waals surface area contributed by atoms with Crippen molar-refractivity contribution >= 4 is 40.5 Å². The molecule has 0 aliphatic carbocycles. The molecular formula is C8H17N3Na2O12S4. The van der Waals surface area contributed by atoms with Crippen LogP contribution in [0.2, 0.25) is 0 Å². The summed E-state index contributed by atoms with van der Waals surface area (Å²) in [4.78, 5) is 0.754. The van der Waals surface area contributed by atoms with Crippen molar-refractivity contribution in [2.24, 2.45) is 0 Å².